The summed E-state index contributed by atoms with van der Waals surface area (Å²) in [6, 6.07) is 8.19. The number of carbonyl (C=O) groups excluding carboxylic acids is 2. The van der Waals surface area contributed by atoms with Crippen molar-refractivity contribution in [3.8, 4) is 5.75 Å². The van der Waals surface area contributed by atoms with Crippen LogP contribution in [0.4, 0.5) is 13.2 Å². The molecule has 218 valence electrons. The number of fused-ring (bicyclic) bond motifs is 1. The Kier molecular flexibility index (Phi) is 12.5. The van der Waals surface area contributed by atoms with Gasteiger partial charge in [-0.05, 0) is 43.3 Å². The van der Waals surface area contributed by atoms with Gasteiger partial charge >= 0.3 is 6.18 Å². The third-order valence-corrected chi connectivity index (χ3v) is 6.40. The van der Waals surface area contributed by atoms with Gasteiger partial charge in [0.25, 0.3) is 12.4 Å². The zero-order chi connectivity index (χ0) is 30.0. The van der Waals surface area contributed by atoms with E-state index in [9.17, 15) is 22.8 Å². The lowest BCUT2D eigenvalue weighted by molar-refractivity contribution is -0.187. The maximum absolute atomic E-state index is 14.1. The van der Waals surface area contributed by atoms with Gasteiger partial charge in [-0.3, -0.25) is 9.59 Å². The molecule has 1 unspecified atom stereocenters. The fourth-order valence-electron chi connectivity index (χ4n) is 3.98. The number of hydrazine groups is 1. The first-order valence-corrected chi connectivity index (χ1v) is 13.1. The molecule has 5 N–H and O–H groups in total. The number of nitrogens with zero attached hydrogens (tertiary/aromatic N) is 2. The van der Waals surface area contributed by atoms with Crippen LogP contribution in [-0.2, 0) is 9.59 Å². The Morgan fingerprint density at radius 2 is 1.75 bits per heavy atom. The largest absolute Gasteiger partial charge is 0.428 e. The minimum atomic E-state index is -4.71. The molecule has 0 bridgehead atoms. The molecule has 0 radical (unpaired) electrons. The summed E-state index contributed by atoms with van der Waals surface area (Å²) in [5, 5.41) is 4.79. The second-order valence-electron chi connectivity index (χ2n) is 8.49. The lowest BCUT2D eigenvalue weighted by atomic mass is 9.98. The topological polar surface area (TPSA) is 114 Å². The summed E-state index contributed by atoms with van der Waals surface area (Å²) in [7, 11) is 1.17. The second kappa shape index (κ2) is 15.1. The summed E-state index contributed by atoms with van der Waals surface area (Å²) in [5.74, 6) is -0.696. The van der Waals surface area contributed by atoms with Crippen LogP contribution >= 0.6 is 23.2 Å². The van der Waals surface area contributed by atoms with Gasteiger partial charge < -0.3 is 21.5 Å². The highest BCUT2D eigenvalue weighted by molar-refractivity contribution is 6.42. The highest BCUT2D eigenvalue weighted by Crippen LogP contribution is 2.45. The van der Waals surface area contributed by atoms with Gasteiger partial charge in [0.1, 0.15) is 11.6 Å². The first-order valence-electron chi connectivity index (χ1n) is 12.4. The van der Waals surface area contributed by atoms with Crippen molar-refractivity contribution in [3.05, 3.63) is 75.7 Å². The summed E-state index contributed by atoms with van der Waals surface area (Å²) >= 11 is 12.0. The Balaban J connectivity index is 0.000000621. The van der Waals surface area contributed by atoms with Crippen LogP contribution in [0.5, 0.6) is 5.75 Å². The van der Waals surface area contributed by atoms with Crippen molar-refractivity contribution in [2.24, 2.45) is 11.5 Å². The molecular formula is C27H32Cl2F3N5O3. The van der Waals surface area contributed by atoms with Crippen LogP contribution in [0.2, 0.25) is 10.0 Å². The number of nitrogens with two attached hydrogens (primary N) is 2. The SMILES string of the molecule is CCCCN.CCN.CN1C(C(F)(F)F)C(c2ccc(Cl)c(Cl)c2)=C2NC=C(c3ccccc3OC=O)C(=O)N21. The number of nitrogens with one attached hydrogen (secondary N) is 1. The van der Waals surface area contributed by atoms with Gasteiger partial charge in [0.2, 0.25) is 0 Å². The molecule has 0 saturated heterocycles. The van der Waals surface area contributed by atoms with E-state index in [0.717, 1.165) is 23.1 Å². The maximum atomic E-state index is 14.1. The average molecular weight is 602 g/mol. The molecule has 40 heavy (non-hydrogen) atoms. The molecule has 13 heteroatoms. The first kappa shape index (κ1) is 33.1. The van der Waals surface area contributed by atoms with E-state index in [0.29, 0.717) is 0 Å². The number of hydrogen-bond donors (Lipinski definition) is 3. The molecule has 2 aliphatic rings. The quantitative estimate of drug-likeness (QED) is 0.391. The van der Waals surface area contributed by atoms with E-state index in [-0.39, 0.29) is 50.4 Å². The van der Waals surface area contributed by atoms with Gasteiger partial charge in [-0.1, -0.05) is 67.7 Å². The molecule has 1 atom stereocenters. The molecular weight excluding hydrogens is 570 g/mol. The molecule has 0 fully saturated rings. The summed E-state index contributed by atoms with van der Waals surface area (Å²) < 4.78 is 47.2. The third kappa shape index (κ3) is 7.55. The fourth-order valence-corrected chi connectivity index (χ4v) is 4.28. The van der Waals surface area contributed by atoms with Crippen LogP contribution in [-0.4, -0.2) is 54.8 Å². The zero-order valence-corrected chi connectivity index (χ0v) is 23.8. The highest BCUT2D eigenvalue weighted by Gasteiger charge is 2.55. The molecule has 0 saturated carbocycles. The van der Waals surface area contributed by atoms with Crippen LogP contribution in [0, 0.1) is 0 Å². The molecule has 1 amide bonds. The molecule has 4 rings (SSSR count). The van der Waals surface area contributed by atoms with Gasteiger partial charge in [0, 0.05) is 24.4 Å². The lowest BCUT2D eigenvalue weighted by Crippen LogP contribution is -2.51. The van der Waals surface area contributed by atoms with Crippen molar-refractivity contribution in [1.29, 1.82) is 0 Å². The van der Waals surface area contributed by atoms with Gasteiger partial charge in [-0.15, -0.1) is 0 Å². The first-order chi connectivity index (χ1) is 19.0. The van der Waals surface area contributed by atoms with E-state index < -0.39 is 18.1 Å². The number of ether oxygens (including phenoxy) is 1. The Labute approximate surface area is 241 Å². The van der Waals surface area contributed by atoms with Crippen LogP contribution in [0.25, 0.3) is 11.1 Å². The van der Waals surface area contributed by atoms with E-state index in [1.165, 1.54) is 56.4 Å². The standard InChI is InChI=1S/C21H14Cl2F3N3O3.C4H11N.C2H7N/c1-28-18(21(24,25)26)17(11-6-7-14(22)15(23)8-11)19-27-9-13(20(31)29(19)28)12-4-2-3-5-16(12)32-10-30;1-2-3-4-5;1-2-3/h2-10,18,27H,1H3;2-5H2,1H3;2-3H2,1H3. The van der Waals surface area contributed by atoms with Crippen LogP contribution < -0.4 is 21.5 Å². The third-order valence-electron chi connectivity index (χ3n) is 5.66. The van der Waals surface area contributed by atoms with Gasteiger partial charge in [-0.25, -0.2) is 5.01 Å². The van der Waals surface area contributed by atoms with Gasteiger partial charge in [-0.2, -0.15) is 18.2 Å². The Hall–Kier alpha value is -3.09. The summed E-state index contributed by atoms with van der Waals surface area (Å²) in [6.45, 7) is 5.83. The smallest absolute Gasteiger partial charge is 0.410 e. The number of rotatable bonds is 6. The number of carbonyl (C=O) groups is 2. The van der Waals surface area contributed by atoms with Crippen LogP contribution in [0.3, 0.4) is 0 Å². The van der Waals surface area contributed by atoms with Crippen molar-refractivity contribution in [2.75, 3.05) is 20.1 Å². The Bertz CT molecular complexity index is 1250. The van der Waals surface area contributed by atoms with Crippen molar-refractivity contribution in [3.63, 3.8) is 0 Å². The monoisotopic (exact) mass is 601 g/mol. The van der Waals surface area contributed by atoms with Crippen molar-refractivity contribution >= 4 is 46.7 Å². The summed E-state index contributed by atoms with van der Waals surface area (Å²) in [5.41, 5.74) is 10.2. The number of likely N-dealkylation sites (N-methyl/N-ethyl adjacent to an activating group) is 1. The second-order valence-corrected chi connectivity index (χ2v) is 9.30. The van der Waals surface area contributed by atoms with Crippen molar-refractivity contribution in [2.45, 2.75) is 38.9 Å². The molecule has 0 aromatic heterocycles. The molecule has 2 heterocycles. The Morgan fingerprint density at radius 3 is 2.27 bits per heavy atom. The highest BCUT2D eigenvalue weighted by atomic mass is 35.5. The fraction of sp³-hybridized carbons (Fsp3) is 0.333. The summed E-state index contributed by atoms with van der Waals surface area (Å²) in [4.78, 5) is 24.1. The van der Waals surface area contributed by atoms with Crippen LogP contribution in [0.15, 0.2) is 54.5 Å². The number of benzene rings is 2. The average Bonchev–Trinajstić information content (AvgIpc) is 3.21. The van der Waals surface area contributed by atoms with Gasteiger partial charge in [0.15, 0.2) is 6.04 Å². The Morgan fingerprint density at radius 1 is 1.10 bits per heavy atom. The molecule has 0 spiro atoms. The summed E-state index contributed by atoms with van der Waals surface area (Å²) in [6.07, 6.45) is -1.04. The number of alkyl halides is 3. The number of unbranched alkanes of at least 4 members (excludes halogenated alkanes) is 1. The molecule has 2 aliphatic heterocycles. The van der Waals surface area contributed by atoms with E-state index >= 15 is 0 Å². The minimum Gasteiger partial charge on any atom is -0.428 e. The van der Waals surface area contributed by atoms with E-state index in [1.54, 1.807) is 12.1 Å². The van der Waals surface area contributed by atoms with E-state index in [1.807, 2.05) is 6.92 Å². The zero-order valence-electron chi connectivity index (χ0n) is 22.3. The van der Waals surface area contributed by atoms with Crippen LogP contribution in [0.1, 0.15) is 37.8 Å². The van der Waals surface area contributed by atoms with Gasteiger partial charge in [0.05, 0.1) is 15.6 Å². The maximum Gasteiger partial charge on any atom is 0.410 e. The number of hydrogen-bond acceptors (Lipinski definition) is 7. The predicted octanol–water partition coefficient (Wildman–Crippen LogP) is 5.17. The molecule has 0 aliphatic carbocycles. The van der Waals surface area contributed by atoms with E-state index in [4.69, 9.17) is 39.4 Å². The van der Waals surface area contributed by atoms with Crippen molar-refractivity contribution in [1.82, 2.24) is 15.3 Å². The normalized spacial score (nSPS) is 16.6. The minimum absolute atomic E-state index is 0.0226. The van der Waals surface area contributed by atoms with Crippen molar-refractivity contribution < 1.29 is 27.5 Å². The number of halogens is 5. The number of amides is 1. The number of para-hydroxylation sites is 1. The lowest BCUT2D eigenvalue weighted by Gasteiger charge is -2.34. The van der Waals surface area contributed by atoms with E-state index in [2.05, 4.69) is 12.2 Å². The molecule has 8 nitrogen and oxygen atoms in total. The molecule has 2 aromatic carbocycles. The predicted molar refractivity (Wildman–Crippen MR) is 151 cm³/mol. The molecule has 2 aromatic rings.